The van der Waals surface area contributed by atoms with Gasteiger partial charge >= 0.3 is 22.5 Å². The molecule has 1 aromatic rings. The number of piperidine rings is 1. The third kappa shape index (κ3) is 4.26. The van der Waals surface area contributed by atoms with Gasteiger partial charge in [-0.2, -0.15) is 13.5 Å². The first-order valence-electron chi connectivity index (χ1n) is 10.9. The first-order valence-corrected chi connectivity index (χ1v) is 12.3. The SMILES string of the molecule is CC(C)(C)OC(=O)NC1CC(c2nnc([C@@H]3CC4(CC4)[C@@H]4CN3C(=O)N4OS(=O)(=O)O)o2)C1. The molecule has 2 atom stereocenters. The number of aromatic nitrogens is 2. The van der Waals surface area contributed by atoms with Crippen molar-refractivity contribution in [2.75, 3.05) is 6.54 Å². The molecule has 33 heavy (non-hydrogen) atoms. The molecule has 1 aromatic heterocycles. The van der Waals surface area contributed by atoms with Gasteiger partial charge in [-0.15, -0.1) is 14.5 Å². The highest BCUT2D eigenvalue weighted by molar-refractivity contribution is 7.80. The van der Waals surface area contributed by atoms with Crippen molar-refractivity contribution in [3.05, 3.63) is 11.8 Å². The zero-order valence-electron chi connectivity index (χ0n) is 18.6. The van der Waals surface area contributed by atoms with E-state index in [1.165, 1.54) is 4.90 Å². The van der Waals surface area contributed by atoms with Crippen LogP contribution in [-0.2, 0) is 19.4 Å². The molecule has 182 valence electrons. The number of hydrogen-bond donors (Lipinski definition) is 2. The monoisotopic (exact) mass is 485 g/mol. The van der Waals surface area contributed by atoms with Crippen LogP contribution in [0.4, 0.5) is 9.59 Å². The lowest BCUT2D eigenvalue weighted by Crippen LogP contribution is -2.45. The van der Waals surface area contributed by atoms with Crippen LogP contribution in [-0.4, -0.2) is 69.5 Å². The lowest BCUT2D eigenvalue weighted by molar-refractivity contribution is -0.0530. The first-order chi connectivity index (χ1) is 15.3. The molecule has 4 aliphatic rings. The highest BCUT2D eigenvalue weighted by atomic mass is 32.3. The molecular weight excluding hydrogens is 458 g/mol. The van der Waals surface area contributed by atoms with E-state index in [-0.39, 0.29) is 23.9 Å². The summed E-state index contributed by atoms with van der Waals surface area (Å²) in [5.41, 5.74) is -0.868. The summed E-state index contributed by atoms with van der Waals surface area (Å²) in [5.74, 6) is 0.725. The minimum absolute atomic E-state index is 0.00828. The van der Waals surface area contributed by atoms with Gasteiger partial charge in [-0.1, -0.05) is 0 Å². The largest absolute Gasteiger partial charge is 0.444 e. The van der Waals surface area contributed by atoms with Crippen molar-refractivity contribution in [1.82, 2.24) is 25.5 Å². The van der Waals surface area contributed by atoms with E-state index in [0.717, 1.165) is 17.9 Å². The molecule has 0 unspecified atom stereocenters. The van der Waals surface area contributed by atoms with E-state index in [2.05, 4.69) is 19.8 Å². The number of carbonyl (C=O) groups excluding carboxylic acids is 2. The Morgan fingerprint density at radius 1 is 1.24 bits per heavy atom. The normalized spacial score (nSPS) is 30.4. The summed E-state index contributed by atoms with van der Waals surface area (Å²) in [5, 5.41) is 11.9. The van der Waals surface area contributed by atoms with Crippen LogP contribution in [0.3, 0.4) is 0 Å². The van der Waals surface area contributed by atoms with Crippen LogP contribution >= 0.6 is 0 Å². The molecule has 0 radical (unpaired) electrons. The van der Waals surface area contributed by atoms with Crippen molar-refractivity contribution in [3.63, 3.8) is 0 Å². The highest BCUT2D eigenvalue weighted by Crippen LogP contribution is 2.62. The number of amides is 3. The van der Waals surface area contributed by atoms with Crippen molar-refractivity contribution in [2.24, 2.45) is 5.41 Å². The first kappa shape index (κ1) is 22.3. The Morgan fingerprint density at radius 2 is 1.91 bits per heavy atom. The van der Waals surface area contributed by atoms with Crippen molar-refractivity contribution in [1.29, 1.82) is 0 Å². The highest BCUT2D eigenvalue weighted by Gasteiger charge is 2.65. The van der Waals surface area contributed by atoms with Gasteiger partial charge in [0.05, 0.1) is 6.04 Å². The van der Waals surface area contributed by atoms with E-state index in [1.54, 1.807) is 20.8 Å². The second-order valence-electron chi connectivity index (χ2n) is 10.4. The number of hydrogen-bond acceptors (Lipinski definition) is 9. The van der Waals surface area contributed by atoms with Crippen molar-refractivity contribution < 1.29 is 36.0 Å². The van der Waals surface area contributed by atoms with Crippen LogP contribution in [0.25, 0.3) is 0 Å². The van der Waals surface area contributed by atoms with Gasteiger partial charge in [0, 0.05) is 18.5 Å². The Hall–Kier alpha value is -2.45. The molecule has 2 N–H and O–H groups in total. The van der Waals surface area contributed by atoms with Gasteiger partial charge in [-0.25, -0.2) is 9.59 Å². The van der Waals surface area contributed by atoms with E-state index >= 15 is 0 Å². The molecule has 0 aromatic carbocycles. The third-order valence-corrected chi connectivity index (χ3v) is 7.14. The van der Waals surface area contributed by atoms with Gasteiger partial charge in [0.2, 0.25) is 11.8 Å². The Kier molecular flexibility index (Phi) is 4.92. The molecule has 2 aliphatic carbocycles. The number of nitrogens with one attached hydrogen (secondary N) is 1. The summed E-state index contributed by atoms with van der Waals surface area (Å²) in [7, 11) is -4.82. The summed E-state index contributed by atoms with van der Waals surface area (Å²) in [6.45, 7) is 5.65. The van der Waals surface area contributed by atoms with Crippen LogP contribution in [0.5, 0.6) is 0 Å². The van der Waals surface area contributed by atoms with Gasteiger partial charge in [0.15, 0.2) is 0 Å². The second-order valence-corrected chi connectivity index (χ2v) is 11.4. The Morgan fingerprint density at radius 3 is 2.52 bits per heavy atom. The fraction of sp³-hybridized carbons (Fsp3) is 0.789. The predicted molar refractivity (Wildman–Crippen MR) is 109 cm³/mol. The van der Waals surface area contributed by atoms with Gasteiger partial charge in [-0.05, 0) is 58.3 Å². The number of rotatable bonds is 5. The Labute approximate surface area is 190 Å². The molecule has 3 heterocycles. The zero-order valence-corrected chi connectivity index (χ0v) is 19.4. The molecule has 4 fully saturated rings. The van der Waals surface area contributed by atoms with Crippen LogP contribution in [0.15, 0.2) is 4.42 Å². The van der Waals surface area contributed by atoms with Crippen LogP contribution in [0.2, 0.25) is 0 Å². The molecule has 2 saturated heterocycles. The minimum atomic E-state index is -4.82. The summed E-state index contributed by atoms with van der Waals surface area (Å²) in [6.07, 6.45) is 2.97. The van der Waals surface area contributed by atoms with Gasteiger partial charge in [0.25, 0.3) is 0 Å². The topological polar surface area (TPSA) is 164 Å². The van der Waals surface area contributed by atoms with Crippen molar-refractivity contribution in [2.45, 2.75) is 82.5 Å². The van der Waals surface area contributed by atoms with E-state index in [0.29, 0.717) is 31.0 Å². The lowest BCUT2D eigenvalue weighted by atomic mass is 9.80. The Balaban J connectivity index is 1.24. The zero-order chi connectivity index (χ0) is 23.8. The number of ether oxygens (including phenoxy) is 1. The maximum atomic E-state index is 12.8. The number of fused-ring (bicyclic) bond motifs is 3. The average molecular weight is 486 g/mol. The molecule has 2 aliphatic heterocycles. The molecule has 2 saturated carbocycles. The fourth-order valence-electron chi connectivity index (χ4n) is 4.99. The Bertz CT molecular complexity index is 1070. The number of alkyl carbamates (subject to hydrolysis) is 1. The summed E-state index contributed by atoms with van der Waals surface area (Å²) < 4.78 is 47.3. The van der Waals surface area contributed by atoms with E-state index in [4.69, 9.17) is 13.7 Å². The number of hydroxylamine groups is 2. The van der Waals surface area contributed by atoms with Crippen molar-refractivity contribution >= 4 is 22.5 Å². The van der Waals surface area contributed by atoms with E-state index in [9.17, 15) is 18.0 Å². The van der Waals surface area contributed by atoms with Gasteiger partial charge in [-0.3, -0.25) is 4.55 Å². The van der Waals surface area contributed by atoms with E-state index in [1.807, 2.05) is 0 Å². The maximum Gasteiger partial charge on any atom is 0.418 e. The fourth-order valence-corrected chi connectivity index (χ4v) is 5.36. The summed E-state index contributed by atoms with van der Waals surface area (Å²) in [4.78, 5) is 26.2. The number of carbonyl (C=O) groups is 2. The van der Waals surface area contributed by atoms with Crippen molar-refractivity contribution in [3.8, 4) is 0 Å². The van der Waals surface area contributed by atoms with Crippen LogP contribution in [0.1, 0.15) is 76.6 Å². The molecular formula is C19H27N5O8S. The third-order valence-electron chi connectivity index (χ3n) is 6.79. The van der Waals surface area contributed by atoms with E-state index < -0.39 is 40.2 Å². The van der Waals surface area contributed by atoms with Gasteiger partial charge in [0.1, 0.15) is 11.6 Å². The molecule has 3 amide bonds. The molecule has 14 heteroatoms. The minimum Gasteiger partial charge on any atom is -0.444 e. The second kappa shape index (κ2) is 7.27. The maximum absolute atomic E-state index is 12.8. The molecule has 1 spiro atoms. The number of nitrogens with zero attached hydrogens (tertiary/aromatic N) is 4. The standard InChI is InChI=1S/C19H27N5O8S/c1-18(2,3)31-16(25)20-11-6-10(7-11)14-21-22-15(30-14)12-8-19(4-5-19)13-9-23(12)17(26)24(13)32-33(27,28)29/h10-13H,4-9H2,1-3H3,(H,20,25)(H,27,28,29)/t10?,11?,12-,13-/m0/s1. The smallest absolute Gasteiger partial charge is 0.418 e. The average Bonchev–Trinajstić information content (AvgIpc) is 3.14. The predicted octanol–water partition coefficient (Wildman–Crippen LogP) is 1.91. The van der Waals surface area contributed by atoms with Crippen LogP contribution in [0, 0.1) is 5.41 Å². The molecule has 2 bridgehead atoms. The molecule has 5 rings (SSSR count). The summed E-state index contributed by atoms with van der Waals surface area (Å²) in [6, 6.07) is -1.66. The lowest BCUT2D eigenvalue weighted by Gasteiger charge is -2.35. The number of urea groups is 1. The van der Waals surface area contributed by atoms with Gasteiger partial charge < -0.3 is 19.4 Å². The quantitative estimate of drug-likeness (QED) is 0.588. The van der Waals surface area contributed by atoms with Crippen LogP contribution < -0.4 is 5.32 Å². The molecule has 13 nitrogen and oxygen atoms in total. The summed E-state index contributed by atoms with van der Waals surface area (Å²) >= 11 is 0.